The van der Waals surface area contributed by atoms with Crippen LogP contribution in [0.25, 0.3) is 0 Å². The summed E-state index contributed by atoms with van der Waals surface area (Å²) in [6.07, 6.45) is -0.863. The predicted octanol–water partition coefficient (Wildman–Crippen LogP) is 2.89. The van der Waals surface area contributed by atoms with Gasteiger partial charge in [0.15, 0.2) is 0 Å². The monoisotopic (exact) mass is 398 g/mol. The van der Waals surface area contributed by atoms with E-state index >= 15 is 0 Å². The summed E-state index contributed by atoms with van der Waals surface area (Å²) in [5.41, 5.74) is 0.464. The first-order valence-corrected chi connectivity index (χ1v) is 7.51. The maximum atomic E-state index is 11.8. The molecule has 4 nitrogen and oxygen atoms in total. The molecular weight excluding hydrogens is 383 g/mol. The number of aliphatic hydroxyl groups excluding tert-OH is 1. The molecule has 0 amide bonds. The number of hydrogen-bond acceptors (Lipinski definition) is 4. The van der Waals surface area contributed by atoms with Crippen LogP contribution in [0.5, 0.6) is 5.75 Å². The lowest BCUT2D eigenvalue weighted by atomic mass is 10.2. The molecule has 0 bridgehead atoms. The van der Waals surface area contributed by atoms with E-state index in [1.807, 2.05) is 30.3 Å². The van der Waals surface area contributed by atoms with Crippen LogP contribution in [0.2, 0.25) is 0 Å². The molecule has 2 rings (SSSR count). The molecule has 0 aliphatic heterocycles. The Kier molecular flexibility index (Phi) is 6.01. The van der Waals surface area contributed by atoms with Gasteiger partial charge < -0.3 is 14.6 Å². The van der Waals surface area contributed by atoms with Crippen molar-refractivity contribution in [2.24, 2.45) is 0 Å². The maximum Gasteiger partial charge on any atom is 0.338 e. The average Bonchev–Trinajstić information content (AvgIpc) is 2.52. The number of esters is 1. The van der Waals surface area contributed by atoms with E-state index in [0.29, 0.717) is 11.3 Å². The van der Waals surface area contributed by atoms with Crippen LogP contribution in [0, 0.1) is 3.57 Å². The van der Waals surface area contributed by atoms with Crippen molar-refractivity contribution in [1.29, 1.82) is 0 Å². The van der Waals surface area contributed by atoms with Crippen LogP contribution in [0.1, 0.15) is 10.4 Å². The number of hydrogen-bond donors (Lipinski definition) is 1. The summed E-state index contributed by atoms with van der Waals surface area (Å²) in [7, 11) is 0. The number of aliphatic hydroxyl groups is 1. The Bertz CT molecular complexity index is 569. The number of carbonyl (C=O) groups excluding carboxylic acids is 1. The van der Waals surface area contributed by atoms with Crippen LogP contribution in [-0.4, -0.2) is 30.4 Å². The topological polar surface area (TPSA) is 55.8 Å². The summed E-state index contributed by atoms with van der Waals surface area (Å²) in [4.78, 5) is 11.8. The van der Waals surface area contributed by atoms with Crippen LogP contribution in [-0.2, 0) is 4.74 Å². The molecule has 110 valence electrons. The fourth-order valence-corrected chi connectivity index (χ4v) is 1.96. The van der Waals surface area contributed by atoms with Crippen molar-refractivity contribution in [3.05, 3.63) is 63.7 Å². The van der Waals surface area contributed by atoms with Crippen LogP contribution in [0.15, 0.2) is 54.6 Å². The number of rotatable bonds is 6. The summed E-state index contributed by atoms with van der Waals surface area (Å²) >= 11 is 2.16. The molecule has 0 saturated heterocycles. The number of ether oxygens (including phenoxy) is 2. The largest absolute Gasteiger partial charge is 0.491 e. The molecule has 21 heavy (non-hydrogen) atoms. The molecule has 0 fully saturated rings. The van der Waals surface area contributed by atoms with Crippen molar-refractivity contribution >= 4 is 28.6 Å². The van der Waals surface area contributed by atoms with E-state index in [2.05, 4.69) is 22.6 Å². The van der Waals surface area contributed by atoms with Crippen LogP contribution in [0.3, 0.4) is 0 Å². The molecule has 2 aromatic carbocycles. The van der Waals surface area contributed by atoms with Gasteiger partial charge in [-0.05, 0) is 59.0 Å². The highest BCUT2D eigenvalue weighted by Gasteiger charge is 2.11. The molecule has 1 atom stereocenters. The zero-order valence-corrected chi connectivity index (χ0v) is 13.4. The van der Waals surface area contributed by atoms with Gasteiger partial charge in [-0.2, -0.15) is 0 Å². The molecule has 5 heteroatoms. The summed E-state index contributed by atoms with van der Waals surface area (Å²) in [6, 6.07) is 16.2. The zero-order chi connectivity index (χ0) is 15.1. The van der Waals surface area contributed by atoms with Crippen molar-refractivity contribution in [3.63, 3.8) is 0 Å². The van der Waals surface area contributed by atoms with Crippen LogP contribution < -0.4 is 4.74 Å². The Morgan fingerprint density at radius 2 is 1.71 bits per heavy atom. The molecule has 0 aliphatic rings. The Labute approximate surface area is 136 Å². The Balaban J connectivity index is 1.74. The highest BCUT2D eigenvalue weighted by Crippen LogP contribution is 2.10. The van der Waals surface area contributed by atoms with Crippen LogP contribution in [0.4, 0.5) is 0 Å². The minimum Gasteiger partial charge on any atom is -0.491 e. The van der Waals surface area contributed by atoms with E-state index in [4.69, 9.17) is 9.47 Å². The molecule has 0 spiro atoms. The molecule has 0 heterocycles. The fraction of sp³-hybridized carbons (Fsp3) is 0.188. The van der Waals surface area contributed by atoms with Crippen LogP contribution >= 0.6 is 22.6 Å². The van der Waals surface area contributed by atoms with Gasteiger partial charge in [-0.1, -0.05) is 18.2 Å². The Hall–Kier alpha value is -1.60. The number of para-hydroxylation sites is 1. The molecule has 0 saturated carbocycles. The van der Waals surface area contributed by atoms with Gasteiger partial charge in [0.2, 0.25) is 0 Å². The molecule has 1 unspecified atom stereocenters. The molecular formula is C16H15IO4. The minimum absolute atomic E-state index is 0.0734. The normalized spacial score (nSPS) is 11.7. The van der Waals surface area contributed by atoms with E-state index in [9.17, 15) is 9.90 Å². The predicted molar refractivity (Wildman–Crippen MR) is 87.4 cm³/mol. The van der Waals surface area contributed by atoms with Crippen molar-refractivity contribution in [1.82, 2.24) is 0 Å². The second kappa shape index (κ2) is 7.99. The van der Waals surface area contributed by atoms with E-state index in [1.54, 1.807) is 24.3 Å². The van der Waals surface area contributed by atoms with Gasteiger partial charge in [0, 0.05) is 3.57 Å². The first-order valence-electron chi connectivity index (χ1n) is 6.44. The van der Waals surface area contributed by atoms with Gasteiger partial charge in [0.1, 0.15) is 25.1 Å². The fourth-order valence-electron chi connectivity index (χ4n) is 1.60. The van der Waals surface area contributed by atoms with Gasteiger partial charge >= 0.3 is 5.97 Å². The standard InChI is InChI=1S/C16H15IO4/c17-13-8-6-12(7-9-13)16(19)21-11-14(18)10-20-15-4-2-1-3-5-15/h1-9,14,18H,10-11H2. The van der Waals surface area contributed by atoms with E-state index in [1.165, 1.54) is 0 Å². The highest BCUT2D eigenvalue weighted by molar-refractivity contribution is 14.1. The van der Waals surface area contributed by atoms with Crippen molar-refractivity contribution in [2.45, 2.75) is 6.10 Å². The lowest BCUT2D eigenvalue weighted by Crippen LogP contribution is -2.25. The molecule has 1 N–H and O–H groups in total. The summed E-state index contributed by atoms with van der Waals surface area (Å²) < 4.78 is 11.5. The third-order valence-corrected chi connectivity index (χ3v) is 3.39. The summed E-state index contributed by atoms with van der Waals surface area (Å²) in [6.45, 7) is -0.0262. The molecule has 2 aromatic rings. The van der Waals surface area contributed by atoms with Gasteiger partial charge in [0.05, 0.1) is 5.56 Å². The minimum atomic E-state index is -0.863. The van der Waals surface area contributed by atoms with Gasteiger partial charge in [-0.25, -0.2) is 4.79 Å². The second-order valence-corrected chi connectivity index (χ2v) is 5.63. The molecule has 0 aromatic heterocycles. The first kappa shape index (κ1) is 15.8. The lowest BCUT2D eigenvalue weighted by molar-refractivity contribution is 0.0130. The zero-order valence-electron chi connectivity index (χ0n) is 11.2. The van der Waals surface area contributed by atoms with E-state index in [-0.39, 0.29) is 13.2 Å². The highest BCUT2D eigenvalue weighted by atomic mass is 127. The lowest BCUT2D eigenvalue weighted by Gasteiger charge is -2.12. The smallest absolute Gasteiger partial charge is 0.338 e. The third kappa shape index (κ3) is 5.35. The van der Waals surface area contributed by atoms with Crippen molar-refractivity contribution in [2.75, 3.05) is 13.2 Å². The SMILES string of the molecule is O=C(OCC(O)COc1ccccc1)c1ccc(I)cc1. The van der Waals surface area contributed by atoms with Gasteiger partial charge in [-0.15, -0.1) is 0 Å². The first-order chi connectivity index (χ1) is 10.1. The molecule has 0 aliphatic carbocycles. The maximum absolute atomic E-state index is 11.8. The van der Waals surface area contributed by atoms with Gasteiger partial charge in [-0.3, -0.25) is 0 Å². The summed E-state index contributed by atoms with van der Waals surface area (Å²) in [5.74, 6) is 0.214. The Morgan fingerprint density at radius 1 is 1.05 bits per heavy atom. The molecule has 0 radical (unpaired) electrons. The van der Waals surface area contributed by atoms with Crippen molar-refractivity contribution < 1.29 is 19.4 Å². The average molecular weight is 398 g/mol. The Morgan fingerprint density at radius 3 is 2.38 bits per heavy atom. The van der Waals surface area contributed by atoms with E-state index in [0.717, 1.165) is 3.57 Å². The van der Waals surface area contributed by atoms with Gasteiger partial charge in [0.25, 0.3) is 0 Å². The number of carbonyl (C=O) groups is 1. The van der Waals surface area contributed by atoms with Crippen molar-refractivity contribution in [3.8, 4) is 5.75 Å². The third-order valence-electron chi connectivity index (χ3n) is 2.67. The number of halogens is 1. The summed E-state index contributed by atoms with van der Waals surface area (Å²) in [5, 5.41) is 9.75. The second-order valence-electron chi connectivity index (χ2n) is 4.38. The quantitative estimate of drug-likeness (QED) is 0.601. The number of benzene rings is 2. The van der Waals surface area contributed by atoms with E-state index < -0.39 is 12.1 Å².